The first-order chi connectivity index (χ1) is 20.4. The first-order valence-corrected chi connectivity index (χ1v) is 15.8. The van der Waals surface area contributed by atoms with Crippen LogP contribution in [0, 0.1) is 0 Å². The van der Waals surface area contributed by atoms with Crippen LogP contribution in [0.1, 0.15) is 77.6 Å². The third-order valence-corrected chi connectivity index (χ3v) is 9.63. The van der Waals surface area contributed by atoms with E-state index in [2.05, 4.69) is 20.6 Å². The van der Waals surface area contributed by atoms with E-state index in [0.717, 1.165) is 29.5 Å². The summed E-state index contributed by atoms with van der Waals surface area (Å²) in [4.78, 5) is 32.3. The Kier molecular flexibility index (Phi) is 9.10. The molecule has 2 atom stereocenters. The molecule has 1 fully saturated rings. The van der Waals surface area contributed by atoms with Crippen molar-refractivity contribution >= 4 is 37.1 Å². The maximum Gasteiger partial charge on any atom is 0.421 e. The van der Waals surface area contributed by atoms with Gasteiger partial charge in [0, 0.05) is 31.1 Å². The number of hydrogen-bond acceptors (Lipinski definition) is 7. The molecule has 0 radical (unpaired) electrons. The summed E-state index contributed by atoms with van der Waals surface area (Å²) in [5, 5.41) is 15.7. The molecule has 4 N–H and O–H groups in total. The Bertz CT molecular complexity index is 1510. The van der Waals surface area contributed by atoms with Gasteiger partial charge in [0.25, 0.3) is 5.91 Å². The number of hydrogen-bond donors (Lipinski definition) is 4. The topological polar surface area (TPSA) is 128 Å². The van der Waals surface area contributed by atoms with Gasteiger partial charge >= 0.3 is 6.18 Å². The molecule has 2 aliphatic rings. The van der Waals surface area contributed by atoms with E-state index >= 15 is 0 Å². The van der Waals surface area contributed by atoms with Crippen molar-refractivity contribution < 1.29 is 32.5 Å². The normalized spacial score (nSPS) is 20.1. The van der Waals surface area contributed by atoms with Crippen LogP contribution in [0.4, 0.5) is 36.3 Å². The number of anilines is 4. The van der Waals surface area contributed by atoms with Gasteiger partial charge in [0.05, 0.1) is 17.4 Å². The van der Waals surface area contributed by atoms with Crippen LogP contribution < -0.4 is 10.6 Å². The molecular weight excluding hydrogens is 582 g/mol. The molecule has 0 spiro atoms. The molecule has 1 aliphatic carbocycles. The van der Waals surface area contributed by atoms with E-state index in [1.54, 1.807) is 42.3 Å². The number of fused-ring (bicyclic) bond motifs is 1. The number of aliphatic hydroxyl groups excluding tert-OH is 1. The lowest BCUT2D eigenvalue weighted by Gasteiger charge is -2.27. The molecule has 1 aromatic heterocycles. The Labute approximate surface area is 248 Å². The van der Waals surface area contributed by atoms with E-state index in [1.807, 2.05) is 13.0 Å². The second kappa shape index (κ2) is 12.6. The number of rotatable bonds is 9. The molecule has 0 saturated heterocycles. The predicted molar refractivity (Wildman–Crippen MR) is 158 cm³/mol. The lowest BCUT2D eigenvalue weighted by Crippen LogP contribution is -2.18. The predicted octanol–water partition coefficient (Wildman–Crippen LogP) is 6.37. The van der Waals surface area contributed by atoms with Crippen LogP contribution in [0.25, 0.3) is 0 Å². The van der Waals surface area contributed by atoms with E-state index < -0.39 is 25.6 Å². The molecule has 2 heterocycles. The average Bonchev–Trinajstić information content (AvgIpc) is 3.26. The summed E-state index contributed by atoms with van der Waals surface area (Å²) in [5.41, 5.74) is 2.33. The van der Waals surface area contributed by atoms with Gasteiger partial charge in [-0.25, -0.2) is 4.98 Å². The van der Waals surface area contributed by atoms with E-state index in [4.69, 9.17) is 0 Å². The summed E-state index contributed by atoms with van der Waals surface area (Å²) in [6.07, 6.45) is -0.479. The number of aromatic nitrogens is 2. The Morgan fingerprint density at radius 3 is 2.42 bits per heavy atom. The van der Waals surface area contributed by atoms with Crippen LogP contribution in [0.5, 0.6) is 0 Å². The maximum atomic E-state index is 14.0. The highest BCUT2D eigenvalue weighted by Crippen LogP contribution is 2.42. The fraction of sp³-hybridized carbons (Fsp3) is 0.433. The van der Waals surface area contributed by atoms with Gasteiger partial charge < -0.3 is 25.5 Å². The molecule has 1 saturated carbocycles. The lowest BCUT2D eigenvalue weighted by molar-refractivity contribution is -0.137. The molecule has 2 unspecified atom stereocenters. The zero-order valence-electron chi connectivity index (χ0n) is 23.9. The highest BCUT2D eigenvalue weighted by molar-refractivity contribution is 7.38. The van der Waals surface area contributed by atoms with E-state index in [9.17, 15) is 32.5 Å². The first kappa shape index (κ1) is 31.0. The third kappa shape index (κ3) is 6.87. The van der Waals surface area contributed by atoms with Crippen molar-refractivity contribution in [2.45, 2.75) is 75.9 Å². The van der Waals surface area contributed by atoms with Crippen LogP contribution in [0.2, 0.25) is 0 Å². The monoisotopic (exact) mass is 617 g/mol. The van der Waals surface area contributed by atoms with E-state index in [0.29, 0.717) is 49.7 Å². The number of carbonyl (C=O) groups is 1. The van der Waals surface area contributed by atoms with Crippen molar-refractivity contribution in [1.29, 1.82) is 0 Å². The number of halogens is 3. The van der Waals surface area contributed by atoms with Crippen molar-refractivity contribution in [1.82, 2.24) is 14.9 Å². The molecule has 2 aromatic carbocycles. The average molecular weight is 618 g/mol. The Balaban J connectivity index is 1.43. The summed E-state index contributed by atoms with van der Waals surface area (Å²) >= 11 is 0. The number of benzene rings is 2. The zero-order chi connectivity index (χ0) is 30.9. The van der Waals surface area contributed by atoms with Crippen LogP contribution >= 0.6 is 8.03 Å². The van der Waals surface area contributed by atoms with Gasteiger partial charge in [-0.15, -0.1) is 0 Å². The minimum absolute atomic E-state index is 0.0763. The van der Waals surface area contributed by atoms with Gasteiger partial charge in [0.2, 0.25) is 5.95 Å². The first-order valence-electron chi connectivity index (χ1n) is 14.3. The molecule has 5 rings (SSSR count). The SMILES string of the molecule is CCC(Cc1ccc(Nc2ncc(C(F)(F)F)c(Nc3ccc([C@H]4CC[C@H](O)CC4)c4c3C(=O)N(C)C4)n2)cc1)[PH](=O)O. The Morgan fingerprint density at radius 1 is 1.09 bits per heavy atom. The molecule has 13 heteroatoms. The number of alkyl halides is 3. The van der Waals surface area contributed by atoms with Gasteiger partial charge in [-0.05, 0) is 79.3 Å². The van der Waals surface area contributed by atoms with Crippen molar-refractivity contribution in [2.24, 2.45) is 0 Å². The number of carbonyl (C=O) groups excluding carboxylic acids is 1. The summed E-state index contributed by atoms with van der Waals surface area (Å²) in [6.45, 7) is 2.21. The summed E-state index contributed by atoms with van der Waals surface area (Å²) < 4.78 is 53.6. The molecule has 3 aromatic rings. The summed E-state index contributed by atoms with van der Waals surface area (Å²) in [6, 6.07) is 10.5. The van der Waals surface area contributed by atoms with Crippen molar-refractivity contribution in [3.8, 4) is 0 Å². The zero-order valence-corrected chi connectivity index (χ0v) is 24.9. The molecule has 9 nitrogen and oxygen atoms in total. The molecule has 0 bridgehead atoms. The molecular formula is C30H35F3N5O4P. The third-order valence-electron chi connectivity index (χ3n) is 8.32. The summed E-state index contributed by atoms with van der Waals surface area (Å²) in [7, 11) is -1.00. The fourth-order valence-electron chi connectivity index (χ4n) is 5.87. The fourth-order valence-corrected chi connectivity index (χ4v) is 6.63. The maximum absolute atomic E-state index is 14.0. The number of nitrogens with zero attached hydrogens (tertiary/aromatic N) is 3. The largest absolute Gasteiger partial charge is 0.421 e. The van der Waals surface area contributed by atoms with Crippen LogP contribution in [-0.2, 0) is 23.7 Å². The second-order valence-electron chi connectivity index (χ2n) is 11.3. The standard InChI is InChI=1S/C30H35F3N5O4P/c1-3-21(43(41)42)14-17-4-8-19(9-5-17)35-29-34-15-24(30(31,32)33)27(37-29)36-25-13-12-22(18-6-10-20(39)11-7-18)23-16-38(2)28(40)26(23)25/h4-5,8-9,12-13,15,18,20-21,39,43H,3,6-7,10-11,14,16H2,1-2H3,(H,41,42)(H2,34,35,36,37)/t18-,20-,21?. The number of aliphatic hydroxyl groups is 1. The van der Waals surface area contributed by atoms with E-state index in [-0.39, 0.29) is 35.2 Å². The van der Waals surface area contributed by atoms with Gasteiger partial charge in [-0.3, -0.25) is 9.36 Å². The van der Waals surface area contributed by atoms with Crippen molar-refractivity contribution in [2.75, 3.05) is 17.7 Å². The Morgan fingerprint density at radius 2 is 1.79 bits per heavy atom. The Hall–Kier alpha value is -3.47. The number of amides is 1. The van der Waals surface area contributed by atoms with Crippen molar-refractivity contribution in [3.05, 3.63) is 70.4 Å². The second-order valence-corrected chi connectivity index (χ2v) is 12.8. The van der Waals surface area contributed by atoms with Gasteiger partial charge in [0.1, 0.15) is 11.4 Å². The van der Waals surface area contributed by atoms with Crippen LogP contribution in [0.3, 0.4) is 0 Å². The molecule has 1 aliphatic heterocycles. The van der Waals surface area contributed by atoms with Gasteiger partial charge in [-0.1, -0.05) is 25.1 Å². The van der Waals surface area contributed by atoms with Gasteiger partial charge in [-0.2, -0.15) is 18.2 Å². The minimum atomic E-state index is -4.75. The lowest BCUT2D eigenvalue weighted by atomic mass is 9.80. The molecule has 43 heavy (non-hydrogen) atoms. The highest BCUT2D eigenvalue weighted by Gasteiger charge is 2.37. The molecule has 1 amide bonds. The van der Waals surface area contributed by atoms with Crippen LogP contribution in [-0.4, -0.2) is 49.6 Å². The van der Waals surface area contributed by atoms with Gasteiger partial charge in [0.15, 0.2) is 8.03 Å². The minimum Gasteiger partial charge on any atom is -0.393 e. The van der Waals surface area contributed by atoms with E-state index in [1.165, 1.54) is 0 Å². The highest BCUT2D eigenvalue weighted by atomic mass is 31.1. The number of nitrogens with one attached hydrogen (secondary N) is 2. The van der Waals surface area contributed by atoms with Crippen molar-refractivity contribution in [3.63, 3.8) is 0 Å². The van der Waals surface area contributed by atoms with Crippen LogP contribution in [0.15, 0.2) is 42.6 Å². The summed E-state index contributed by atoms with van der Waals surface area (Å²) in [5.74, 6) is -0.684. The quantitative estimate of drug-likeness (QED) is 0.204. The molecule has 230 valence electrons. The smallest absolute Gasteiger partial charge is 0.393 e.